The van der Waals surface area contributed by atoms with Gasteiger partial charge in [0.05, 0.1) is 6.10 Å². The van der Waals surface area contributed by atoms with Gasteiger partial charge in [-0.05, 0) is 37.2 Å². The first-order valence-corrected chi connectivity index (χ1v) is 6.78. The molecule has 0 aliphatic rings. The lowest BCUT2D eigenvalue weighted by atomic mass is 9.90. The fraction of sp³-hybridized carbons (Fsp3) is 0.750. The van der Waals surface area contributed by atoms with E-state index in [1.54, 1.807) is 0 Å². The van der Waals surface area contributed by atoms with Crippen LogP contribution in [0.3, 0.4) is 0 Å². The molecule has 0 spiro atoms. The highest BCUT2D eigenvalue weighted by Gasteiger charge is 2.19. The summed E-state index contributed by atoms with van der Waals surface area (Å²) < 4.78 is 9.80. The van der Waals surface area contributed by atoms with Crippen molar-refractivity contribution in [2.45, 2.75) is 47.1 Å². The molecule has 0 unspecified atom stereocenters. The Balaban J connectivity index is 2.71. The van der Waals surface area contributed by atoms with Crippen molar-refractivity contribution in [2.75, 3.05) is 17.6 Å². The van der Waals surface area contributed by atoms with Crippen LogP contribution in [0.5, 0.6) is 5.75 Å². The first-order valence-electron chi connectivity index (χ1n) is 6.01. The van der Waals surface area contributed by atoms with Gasteiger partial charge in [0.2, 0.25) is 0 Å². The lowest BCUT2D eigenvalue weighted by Gasteiger charge is -2.23. The molecule has 0 amide bonds. The molecule has 17 heavy (non-hydrogen) atoms. The van der Waals surface area contributed by atoms with Crippen LogP contribution < -0.4 is 15.8 Å². The highest BCUT2D eigenvalue weighted by atomic mass is 32.1. The summed E-state index contributed by atoms with van der Waals surface area (Å²) in [5, 5.41) is 4.31. The van der Waals surface area contributed by atoms with Gasteiger partial charge in [0, 0.05) is 6.54 Å². The Labute approximate surface area is 108 Å². The smallest absolute Gasteiger partial charge is 0.197 e. The molecule has 1 heterocycles. The van der Waals surface area contributed by atoms with Gasteiger partial charge in [0.15, 0.2) is 16.6 Å². The number of nitrogens with one attached hydrogen (secondary N) is 1. The van der Waals surface area contributed by atoms with E-state index in [0.29, 0.717) is 11.6 Å². The summed E-state index contributed by atoms with van der Waals surface area (Å²) in [6.45, 7) is 11.5. The van der Waals surface area contributed by atoms with Crippen LogP contribution in [0.15, 0.2) is 0 Å². The Morgan fingerprint density at radius 3 is 2.65 bits per heavy atom. The highest BCUT2D eigenvalue weighted by molar-refractivity contribution is 7.11. The number of nitrogens with two attached hydrogens (primary N) is 1. The Hall–Kier alpha value is -0.970. The first kappa shape index (κ1) is 14.1. The van der Waals surface area contributed by atoms with E-state index in [1.807, 2.05) is 13.8 Å². The highest BCUT2D eigenvalue weighted by Crippen LogP contribution is 2.36. The van der Waals surface area contributed by atoms with Gasteiger partial charge in [-0.3, -0.25) is 0 Å². The molecule has 1 aromatic rings. The zero-order chi connectivity index (χ0) is 13.1. The maximum Gasteiger partial charge on any atom is 0.197 e. The van der Waals surface area contributed by atoms with Crippen molar-refractivity contribution in [1.29, 1.82) is 0 Å². The summed E-state index contributed by atoms with van der Waals surface area (Å²) in [4.78, 5) is 0. The van der Waals surface area contributed by atoms with Crippen molar-refractivity contribution >= 4 is 22.4 Å². The van der Waals surface area contributed by atoms with Gasteiger partial charge in [-0.1, -0.05) is 20.8 Å². The third kappa shape index (κ3) is 4.07. The van der Waals surface area contributed by atoms with Gasteiger partial charge in [-0.15, -0.1) is 0 Å². The molecule has 1 aromatic heterocycles. The van der Waals surface area contributed by atoms with Crippen LogP contribution in [0.25, 0.3) is 0 Å². The molecule has 0 fully saturated rings. The quantitative estimate of drug-likeness (QED) is 0.820. The fourth-order valence-corrected chi connectivity index (χ4v) is 1.85. The molecule has 3 N–H and O–H groups in total. The summed E-state index contributed by atoms with van der Waals surface area (Å²) in [6.07, 6.45) is 1.22. The molecular weight excluding hydrogens is 234 g/mol. The van der Waals surface area contributed by atoms with Crippen molar-refractivity contribution in [3.8, 4) is 5.75 Å². The van der Waals surface area contributed by atoms with Crippen LogP contribution >= 0.6 is 11.5 Å². The summed E-state index contributed by atoms with van der Waals surface area (Å²) in [5.41, 5.74) is 6.05. The van der Waals surface area contributed by atoms with E-state index in [4.69, 9.17) is 10.5 Å². The Bertz CT molecular complexity index is 361. The van der Waals surface area contributed by atoms with E-state index < -0.39 is 0 Å². The summed E-state index contributed by atoms with van der Waals surface area (Å²) in [5.74, 6) is 1.16. The number of nitrogens with zero attached hydrogens (tertiary/aromatic N) is 1. The standard InChI is InChI=1S/C12H23N3OS/c1-6-12(4,5)7-14-11-9(16-8(2)3)10(13)15-17-11/h8,14H,6-7H2,1-5H3,(H2,13,15). The van der Waals surface area contributed by atoms with E-state index >= 15 is 0 Å². The van der Waals surface area contributed by atoms with Gasteiger partial charge in [-0.2, -0.15) is 4.37 Å². The summed E-state index contributed by atoms with van der Waals surface area (Å²) in [6, 6.07) is 0. The second-order valence-electron chi connectivity index (χ2n) is 5.26. The molecule has 0 radical (unpaired) electrons. The fourth-order valence-electron chi connectivity index (χ4n) is 1.20. The van der Waals surface area contributed by atoms with E-state index in [1.165, 1.54) is 11.5 Å². The molecule has 0 aliphatic heterocycles. The van der Waals surface area contributed by atoms with Crippen LogP contribution in [-0.2, 0) is 0 Å². The second-order valence-corrected chi connectivity index (χ2v) is 6.04. The van der Waals surface area contributed by atoms with Crippen molar-refractivity contribution in [3.05, 3.63) is 0 Å². The maximum atomic E-state index is 5.80. The van der Waals surface area contributed by atoms with Crippen LogP contribution in [0.4, 0.5) is 10.8 Å². The van der Waals surface area contributed by atoms with Crippen molar-refractivity contribution in [2.24, 2.45) is 5.41 Å². The number of hydrogen-bond acceptors (Lipinski definition) is 5. The van der Waals surface area contributed by atoms with E-state index in [-0.39, 0.29) is 11.5 Å². The van der Waals surface area contributed by atoms with Crippen molar-refractivity contribution in [1.82, 2.24) is 4.37 Å². The molecule has 0 saturated heterocycles. The number of anilines is 2. The van der Waals surface area contributed by atoms with Crippen LogP contribution in [0.2, 0.25) is 0 Å². The van der Waals surface area contributed by atoms with Gasteiger partial charge >= 0.3 is 0 Å². The molecule has 5 heteroatoms. The zero-order valence-corrected chi connectivity index (χ0v) is 12.1. The Morgan fingerprint density at radius 1 is 1.47 bits per heavy atom. The van der Waals surface area contributed by atoms with Gasteiger partial charge < -0.3 is 15.8 Å². The number of hydrogen-bond donors (Lipinski definition) is 2. The Morgan fingerprint density at radius 2 is 2.12 bits per heavy atom. The van der Waals surface area contributed by atoms with Gasteiger partial charge in [0.25, 0.3) is 0 Å². The second kappa shape index (κ2) is 5.58. The molecule has 0 aliphatic carbocycles. The topological polar surface area (TPSA) is 60.2 Å². The third-order valence-corrected chi connectivity index (χ3v) is 3.51. The minimum Gasteiger partial charge on any atom is -0.484 e. The lowest BCUT2D eigenvalue weighted by Crippen LogP contribution is -2.22. The van der Waals surface area contributed by atoms with Crippen LogP contribution in [0.1, 0.15) is 41.0 Å². The largest absolute Gasteiger partial charge is 0.484 e. The number of nitrogen functional groups attached to an aromatic ring is 1. The first-order chi connectivity index (χ1) is 7.85. The van der Waals surface area contributed by atoms with E-state index in [9.17, 15) is 0 Å². The Kier molecular flexibility index (Phi) is 4.62. The summed E-state index contributed by atoms with van der Waals surface area (Å²) >= 11 is 1.36. The lowest BCUT2D eigenvalue weighted by molar-refractivity contribution is 0.245. The molecule has 1 rings (SSSR count). The molecule has 4 nitrogen and oxygen atoms in total. The number of rotatable bonds is 6. The average molecular weight is 257 g/mol. The third-order valence-electron chi connectivity index (χ3n) is 2.71. The molecule has 0 bridgehead atoms. The number of ether oxygens (including phenoxy) is 1. The van der Waals surface area contributed by atoms with Crippen LogP contribution in [0, 0.1) is 5.41 Å². The van der Waals surface area contributed by atoms with Crippen molar-refractivity contribution in [3.63, 3.8) is 0 Å². The molecular formula is C12H23N3OS. The van der Waals surface area contributed by atoms with Crippen LogP contribution in [-0.4, -0.2) is 17.0 Å². The number of aromatic nitrogens is 1. The normalized spacial score (nSPS) is 11.9. The van der Waals surface area contributed by atoms with Gasteiger partial charge in [0.1, 0.15) is 0 Å². The summed E-state index contributed by atoms with van der Waals surface area (Å²) in [7, 11) is 0. The molecule has 0 atom stereocenters. The SMILES string of the molecule is CCC(C)(C)CNc1snc(N)c1OC(C)C. The van der Waals surface area contributed by atoms with E-state index in [2.05, 4.69) is 30.5 Å². The minimum absolute atomic E-state index is 0.105. The molecule has 98 valence electrons. The maximum absolute atomic E-state index is 5.80. The predicted octanol–water partition coefficient (Wildman–Crippen LogP) is 3.36. The van der Waals surface area contributed by atoms with Crippen molar-refractivity contribution < 1.29 is 4.74 Å². The average Bonchev–Trinajstić information content (AvgIpc) is 2.57. The van der Waals surface area contributed by atoms with Gasteiger partial charge in [-0.25, -0.2) is 0 Å². The monoisotopic (exact) mass is 257 g/mol. The van der Waals surface area contributed by atoms with E-state index in [0.717, 1.165) is 18.0 Å². The zero-order valence-electron chi connectivity index (χ0n) is 11.3. The minimum atomic E-state index is 0.105. The molecule has 0 aromatic carbocycles. The predicted molar refractivity (Wildman–Crippen MR) is 74.9 cm³/mol. The molecule has 0 saturated carbocycles.